The average Bonchev–Trinajstić information content (AvgIpc) is 3.29. The number of aryl methyl sites for hydroxylation is 4. The summed E-state index contributed by atoms with van der Waals surface area (Å²) in [4.78, 5) is 23.3. The van der Waals surface area contributed by atoms with E-state index in [1.54, 1.807) is 30.3 Å². The van der Waals surface area contributed by atoms with Gasteiger partial charge in [0.15, 0.2) is 0 Å². The summed E-state index contributed by atoms with van der Waals surface area (Å²) in [6.07, 6.45) is 0. The van der Waals surface area contributed by atoms with Gasteiger partial charge in [-0.3, -0.25) is 9.36 Å². The molecule has 0 aliphatic heterocycles. The van der Waals surface area contributed by atoms with E-state index >= 15 is 0 Å². The summed E-state index contributed by atoms with van der Waals surface area (Å²) in [7, 11) is 3.57. The fourth-order valence-electron chi connectivity index (χ4n) is 3.90. The number of carbonyl (C=O) groups is 2. The molecule has 0 atom stereocenters. The lowest BCUT2D eigenvalue weighted by Crippen LogP contribution is -2.07. The van der Waals surface area contributed by atoms with Crippen molar-refractivity contribution in [3.63, 3.8) is 0 Å². The number of rotatable bonds is 5. The van der Waals surface area contributed by atoms with Crippen molar-refractivity contribution in [3.8, 4) is 22.5 Å². The zero-order valence-electron chi connectivity index (χ0n) is 20.5. The molecule has 0 radical (unpaired) electrons. The maximum Gasteiger partial charge on any atom is 0.342 e. The third-order valence-corrected chi connectivity index (χ3v) is 6.43. The quantitative estimate of drug-likeness (QED) is 0.268. The van der Waals surface area contributed by atoms with Crippen LogP contribution >= 0.6 is 31.9 Å². The van der Waals surface area contributed by atoms with Crippen LogP contribution in [0.2, 0.25) is 0 Å². The summed E-state index contributed by atoms with van der Waals surface area (Å²) in [5.41, 5.74) is 5.19. The van der Waals surface area contributed by atoms with Gasteiger partial charge in [-0.1, -0.05) is 56.1 Å². The highest BCUT2D eigenvalue weighted by atomic mass is 79.9. The minimum absolute atomic E-state index is 0.259. The predicted octanol–water partition coefficient (Wildman–Crippen LogP) is 6.19. The Bertz CT molecular complexity index is 1390. The molecule has 8 nitrogen and oxygen atoms in total. The fourth-order valence-corrected chi connectivity index (χ4v) is 4.43. The molecule has 0 aliphatic rings. The molecule has 1 N–H and O–H groups in total. The Morgan fingerprint density at radius 1 is 0.806 bits per heavy atom. The van der Waals surface area contributed by atoms with Crippen molar-refractivity contribution in [1.29, 1.82) is 0 Å². The highest BCUT2D eigenvalue weighted by Crippen LogP contribution is 2.28. The van der Waals surface area contributed by atoms with E-state index in [-0.39, 0.29) is 11.5 Å². The second kappa shape index (κ2) is 11.7. The highest BCUT2D eigenvalue weighted by molar-refractivity contribution is 9.10. The van der Waals surface area contributed by atoms with Gasteiger partial charge in [-0.15, -0.1) is 0 Å². The fraction of sp³-hybridized carbons (Fsp3) is 0.231. The van der Waals surface area contributed by atoms with Gasteiger partial charge < -0.3 is 9.84 Å². The Morgan fingerprint density at radius 2 is 1.19 bits per heavy atom. The molecule has 2 aromatic heterocycles. The van der Waals surface area contributed by atoms with Gasteiger partial charge >= 0.3 is 11.9 Å². The largest absolute Gasteiger partial charge is 0.478 e. The number of hydrogen-bond acceptors (Lipinski definition) is 5. The maximum atomic E-state index is 12.1. The molecule has 0 unspecified atom stereocenters. The number of aromatic nitrogens is 4. The van der Waals surface area contributed by atoms with Gasteiger partial charge in [0.2, 0.25) is 0 Å². The summed E-state index contributed by atoms with van der Waals surface area (Å²) in [6.45, 7) is 5.66. The molecular formula is C26H26Br2N4O4. The summed E-state index contributed by atoms with van der Waals surface area (Å²) in [5.74, 6) is -1.28. The molecule has 2 heterocycles. The van der Waals surface area contributed by atoms with Gasteiger partial charge in [-0.25, -0.2) is 9.59 Å². The van der Waals surface area contributed by atoms with Gasteiger partial charge in [0.25, 0.3) is 0 Å². The van der Waals surface area contributed by atoms with Crippen LogP contribution in [-0.2, 0) is 18.8 Å². The van der Waals surface area contributed by atoms with Gasteiger partial charge in [0.05, 0.1) is 29.4 Å². The molecule has 4 rings (SSSR count). The highest BCUT2D eigenvalue weighted by Gasteiger charge is 2.22. The number of hydrogen-bond donors (Lipinski definition) is 1. The summed E-state index contributed by atoms with van der Waals surface area (Å²) in [6, 6.07) is 15.3. The average molecular weight is 618 g/mol. The molecule has 0 spiro atoms. The van der Waals surface area contributed by atoms with E-state index in [4.69, 9.17) is 4.74 Å². The molecule has 0 amide bonds. The summed E-state index contributed by atoms with van der Waals surface area (Å²) in [5, 5.41) is 17.7. The van der Waals surface area contributed by atoms with Gasteiger partial charge in [0.1, 0.15) is 11.1 Å². The van der Waals surface area contributed by atoms with E-state index in [9.17, 15) is 14.7 Å². The summed E-state index contributed by atoms with van der Waals surface area (Å²) < 4.78 is 10.4. The lowest BCUT2D eigenvalue weighted by molar-refractivity contribution is 0.0525. The molecular weight excluding hydrogens is 592 g/mol. The molecule has 36 heavy (non-hydrogen) atoms. The van der Waals surface area contributed by atoms with Crippen LogP contribution in [-0.4, -0.2) is 43.2 Å². The normalized spacial score (nSPS) is 10.5. The molecule has 0 aliphatic carbocycles. The smallest absolute Gasteiger partial charge is 0.342 e. The third-order valence-electron chi connectivity index (χ3n) is 5.37. The van der Waals surface area contributed by atoms with Crippen LogP contribution in [0.1, 0.15) is 39.0 Å². The lowest BCUT2D eigenvalue weighted by atomic mass is 10.1. The predicted molar refractivity (Wildman–Crippen MR) is 145 cm³/mol. The van der Waals surface area contributed by atoms with Crippen molar-refractivity contribution >= 4 is 43.8 Å². The SMILES string of the molecule is CCOC(=O)c1c(C)nn(C)c1-c1ccc(Br)cc1.Cc1nn(C)c(-c2ccc(Br)cc2)c1C(=O)O. The first kappa shape index (κ1) is 27.3. The first-order chi connectivity index (χ1) is 17.0. The van der Waals surface area contributed by atoms with Crippen LogP contribution in [0.3, 0.4) is 0 Å². The Hall–Kier alpha value is -3.24. The minimum atomic E-state index is -0.950. The standard InChI is InChI=1S/C14H15BrN2O2.C12H11BrN2O2/c1-4-19-14(18)12-9(2)16-17(3)13(12)10-5-7-11(15)8-6-10;1-7-10(12(16)17)11(15(2)14-7)8-3-5-9(13)6-4-8/h5-8H,4H2,1-3H3;3-6H,1-2H3,(H,16,17). The number of carboxylic acids is 1. The van der Waals surface area contributed by atoms with Crippen LogP contribution in [0, 0.1) is 13.8 Å². The molecule has 2 aromatic carbocycles. The van der Waals surface area contributed by atoms with E-state index in [0.29, 0.717) is 29.3 Å². The molecule has 0 saturated carbocycles. The van der Waals surface area contributed by atoms with Gasteiger partial charge in [-0.2, -0.15) is 10.2 Å². The molecule has 0 fully saturated rings. The Kier molecular flexibility index (Phi) is 8.86. The van der Waals surface area contributed by atoms with E-state index in [0.717, 1.165) is 25.8 Å². The zero-order chi connectivity index (χ0) is 26.6. The first-order valence-corrected chi connectivity index (χ1v) is 12.6. The van der Waals surface area contributed by atoms with Crippen LogP contribution < -0.4 is 0 Å². The minimum Gasteiger partial charge on any atom is -0.478 e. The van der Waals surface area contributed by atoms with Crippen molar-refractivity contribution in [2.75, 3.05) is 6.61 Å². The topological polar surface area (TPSA) is 99.2 Å². The second-order valence-electron chi connectivity index (χ2n) is 7.90. The van der Waals surface area contributed by atoms with E-state index in [1.807, 2.05) is 62.5 Å². The number of ether oxygens (including phenoxy) is 1. The van der Waals surface area contributed by atoms with Gasteiger partial charge in [-0.05, 0) is 45.0 Å². The van der Waals surface area contributed by atoms with E-state index in [2.05, 4.69) is 42.1 Å². The number of aromatic carboxylic acids is 1. The number of halogens is 2. The molecule has 188 valence electrons. The van der Waals surface area contributed by atoms with Crippen LogP contribution in [0.15, 0.2) is 57.5 Å². The second-order valence-corrected chi connectivity index (χ2v) is 9.74. The maximum absolute atomic E-state index is 12.1. The van der Waals surface area contributed by atoms with E-state index in [1.165, 1.54) is 0 Å². The van der Waals surface area contributed by atoms with Crippen molar-refractivity contribution in [1.82, 2.24) is 19.6 Å². The number of esters is 1. The lowest BCUT2D eigenvalue weighted by Gasteiger charge is -2.06. The molecule has 0 bridgehead atoms. The number of benzene rings is 2. The monoisotopic (exact) mass is 616 g/mol. The van der Waals surface area contributed by atoms with Crippen molar-refractivity contribution < 1.29 is 19.4 Å². The van der Waals surface area contributed by atoms with Crippen molar-refractivity contribution in [2.24, 2.45) is 14.1 Å². The third kappa shape index (κ3) is 5.93. The Morgan fingerprint density at radius 3 is 1.58 bits per heavy atom. The Labute approximate surface area is 226 Å². The van der Waals surface area contributed by atoms with Crippen LogP contribution in [0.4, 0.5) is 0 Å². The first-order valence-electron chi connectivity index (χ1n) is 11.0. The molecule has 0 saturated heterocycles. The van der Waals surface area contributed by atoms with Crippen molar-refractivity contribution in [3.05, 3.63) is 80.0 Å². The number of carboxylic acid groups (broad SMARTS) is 1. The van der Waals surface area contributed by atoms with Crippen molar-refractivity contribution in [2.45, 2.75) is 20.8 Å². The summed E-state index contributed by atoms with van der Waals surface area (Å²) >= 11 is 6.75. The van der Waals surface area contributed by atoms with Gasteiger partial charge in [0, 0.05) is 34.2 Å². The number of carbonyl (C=O) groups excluding carboxylic acids is 1. The molecule has 10 heteroatoms. The Balaban J connectivity index is 0.000000202. The van der Waals surface area contributed by atoms with E-state index < -0.39 is 5.97 Å². The number of nitrogens with zero attached hydrogens (tertiary/aromatic N) is 4. The molecule has 4 aromatic rings. The van der Waals surface area contributed by atoms with Crippen LogP contribution in [0.25, 0.3) is 22.5 Å². The zero-order valence-corrected chi connectivity index (χ0v) is 23.7. The van der Waals surface area contributed by atoms with Crippen LogP contribution in [0.5, 0.6) is 0 Å².